The third-order valence-corrected chi connectivity index (χ3v) is 4.49. The smallest absolute Gasteiger partial charge is 0.216 e. The summed E-state index contributed by atoms with van der Waals surface area (Å²) >= 11 is 0. The number of nitrogens with one attached hydrogen (secondary N) is 2. The molecule has 5 heteroatoms. The minimum atomic E-state index is -3.24. The highest BCUT2D eigenvalue weighted by Crippen LogP contribution is 2.10. The summed E-state index contributed by atoms with van der Waals surface area (Å²) in [4.78, 5) is 0. The standard InChI is InChI=1S/C13H20N2O2S/c1-11-4-2-5-12(8-11)10-18(16,17)15-13-6-3-7-14-9-13/h2,4-5,8,13-15H,3,6-7,9-10H2,1H3. The van der Waals surface area contributed by atoms with Crippen LogP contribution in [0.1, 0.15) is 24.0 Å². The van der Waals surface area contributed by atoms with E-state index in [4.69, 9.17) is 0 Å². The average molecular weight is 268 g/mol. The van der Waals surface area contributed by atoms with Crippen LogP contribution in [0.5, 0.6) is 0 Å². The first kappa shape index (κ1) is 13.5. The van der Waals surface area contributed by atoms with Crippen molar-refractivity contribution in [1.29, 1.82) is 0 Å². The van der Waals surface area contributed by atoms with Gasteiger partial charge in [-0.2, -0.15) is 0 Å². The van der Waals surface area contributed by atoms with Crippen LogP contribution >= 0.6 is 0 Å². The van der Waals surface area contributed by atoms with E-state index in [-0.39, 0.29) is 11.8 Å². The van der Waals surface area contributed by atoms with Crippen molar-refractivity contribution in [3.05, 3.63) is 35.4 Å². The predicted molar refractivity (Wildman–Crippen MR) is 72.8 cm³/mol. The van der Waals surface area contributed by atoms with Gasteiger partial charge in [0, 0.05) is 12.6 Å². The number of hydrogen-bond acceptors (Lipinski definition) is 3. The quantitative estimate of drug-likeness (QED) is 0.862. The molecule has 1 aliphatic rings. The molecular weight excluding hydrogens is 248 g/mol. The van der Waals surface area contributed by atoms with Gasteiger partial charge in [-0.1, -0.05) is 29.8 Å². The van der Waals surface area contributed by atoms with Crippen LogP contribution in [0.2, 0.25) is 0 Å². The summed E-state index contributed by atoms with van der Waals surface area (Å²) in [6.45, 7) is 3.68. The van der Waals surface area contributed by atoms with Gasteiger partial charge in [0.05, 0.1) is 5.75 Å². The molecule has 1 aliphatic heterocycles. The van der Waals surface area contributed by atoms with Gasteiger partial charge in [-0.3, -0.25) is 0 Å². The molecule has 1 aromatic rings. The van der Waals surface area contributed by atoms with E-state index in [0.29, 0.717) is 0 Å². The first-order valence-corrected chi connectivity index (χ1v) is 7.97. The first-order chi connectivity index (χ1) is 8.55. The van der Waals surface area contributed by atoms with E-state index >= 15 is 0 Å². The van der Waals surface area contributed by atoms with Crippen LogP contribution in [0.4, 0.5) is 0 Å². The predicted octanol–water partition coefficient (Wildman–Crippen LogP) is 1.17. The number of aryl methyl sites for hydroxylation is 1. The highest BCUT2D eigenvalue weighted by Gasteiger charge is 2.20. The van der Waals surface area contributed by atoms with E-state index in [0.717, 1.165) is 37.1 Å². The molecule has 0 amide bonds. The van der Waals surface area contributed by atoms with Crippen molar-refractivity contribution in [2.24, 2.45) is 0 Å². The van der Waals surface area contributed by atoms with Gasteiger partial charge in [0.15, 0.2) is 0 Å². The molecule has 18 heavy (non-hydrogen) atoms. The molecule has 1 aromatic carbocycles. The van der Waals surface area contributed by atoms with Crippen LogP contribution in [-0.4, -0.2) is 27.5 Å². The Morgan fingerprint density at radius 3 is 2.94 bits per heavy atom. The highest BCUT2D eigenvalue weighted by atomic mass is 32.2. The summed E-state index contributed by atoms with van der Waals surface area (Å²) in [5, 5.41) is 3.20. The Hall–Kier alpha value is -0.910. The summed E-state index contributed by atoms with van der Waals surface area (Å²) in [5.41, 5.74) is 1.92. The molecule has 1 atom stereocenters. The topological polar surface area (TPSA) is 58.2 Å². The van der Waals surface area contributed by atoms with Gasteiger partial charge >= 0.3 is 0 Å². The van der Waals surface area contributed by atoms with Crippen LogP contribution < -0.4 is 10.0 Å². The van der Waals surface area contributed by atoms with Crippen molar-refractivity contribution in [3.8, 4) is 0 Å². The van der Waals surface area contributed by atoms with E-state index in [2.05, 4.69) is 10.0 Å². The molecule has 2 rings (SSSR count). The molecule has 100 valence electrons. The molecule has 0 radical (unpaired) electrons. The van der Waals surface area contributed by atoms with E-state index in [1.54, 1.807) is 0 Å². The van der Waals surface area contributed by atoms with Crippen LogP contribution in [-0.2, 0) is 15.8 Å². The van der Waals surface area contributed by atoms with Gasteiger partial charge in [-0.05, 0) is 31.9 Å². The first-order valence-electron chi connectivity index (χ1n) is 6.31. The minimum absolute atomic E-state index is 0.0357. The minimum Gasteiger partial charge on any atom is -0.315 e. The Bertz CT molecular complexity index is 493. The van der Waals surface area contributed by atoms with E-state index in [9.17, 15) is 8.42 Å². The summed E-state index contributed by atoms with van der Waals surface area (Å²) in [5.74, 6) is 0.0607. The average Bonchev–Trinajstić information content (AvgIpc) is 2.28. The normalized spacial score (nSPS) is 20.8. The summed E-state index contributed by atoms with van der Waals surface area (Å²) < 4.78 is 26.9. The fourth-order valence-electron chi connectivity index (χ4n) is 2.27. The third kappa shape index (κ3) is 4.08. The second-order valence-electron chi connectivity index (χ2n) is 4.91. The lowest BCUT2D eigenvalue weighted by Crippen LogP contribution is -2.45. The SMILES string of the molecule is Cc1cccc(CS(=O)(=O)NC2CCCNC2)c1. The highest BCUT2D eigenvalue weighted by molar-refractivity contribution is 7.88. The molecule has 0 bridgehead atoms. The lowest BCUT2D eigenvalue weighted by Gasteiger charge is -2.23. The maximum Gasteiger partial charge on any atom is 0.216 e. The zero-order valence-electron chi connectivity index (χ0n) is 10.6. The van der Waals surface area contributed by atoms with Crippen molar-refractivity contribution in [2.75, 3.05) is 13.1 Å². The van der Waals surface area contributed by atoms with Gasteiger partial charge in [0.25, 0.3) is 0 Å². The maximum atomic E-state index is 12.0. The van der Waals surface area contributed by atoms with Crippen LogP contribution in [0.15, 0.2) is 24.3 Å². The van der Waals surface area contributed by atoms with Crippen LogP contribution in [0.25, 0.3) is 0 Å². The maximum absolute atomic E-state index is 12.0. The van der Waals surface area contributed by atoms with Crippen LogP contribution in [0.3, 0.4) is 0 Å². The molecule has 1 saturated heterocycles. The van der Waals surface area contributed by atoms with E-state index in [1.807, 2.05) is 31.2 Å². The van der Waals surface area contributed by atoms with Crippen molar-refractivity contribution in [2.45, 2.75) is 31.6 Å². The fraction of sp³-hybridized carbons (Fsp3) is 0.538. The second-order valence-corrected chi connectivity index (χ2v) is 6.66. The van der Waals surface area contributed by atoms with Gasteiger partial charge in [-0.25, -0.2) is 13.1 Å². The Balaban J connectivity index is 1.98. The largest absolute Gasteiger partial charge is 0.315 e. The van der Waals surface area contributed by atoms with Crippen molar-refractivity contribution < 1.29 is 8.42 Å². The lowest BCUT2D eigenvalue weighted by atomic mass is 10.1. The molecular formula is C13H20N2O2S. The number of piperidine rings is 1. The van der Waals surface area contributed by atoms with Crippen molar-refractivity contribution in [3.63, 3.8) is 0 Å². The van der Waals surface area contributed by atoms with Gasteiger partial charge in [0.1, 0.15) is 0 Å². The number of sulfonamides is 1. The fourth-order valence-corrected chi connectivity index (χ4v) is 3.68. The lowest BCUT2D eigenvalue weighted by molar-refractivity contribution is 0.428. The zero-order valence-corrected chi connectivity index (χ0v) is 11.5. The Morgan fingerprint density at radius 2 is 2.28 bits per heavy atom. The number of hydrogen-bond donors (Lipinski definition) is 2. The zero-order chi connectivity index (χ0) is 13.0. The molecule has 4 nitrogen and oxygen atoms in total. The molecule has 0 aromatic heterocycles. The molecule has 0 saturated carbocycles. The Morgan fingerprint density at radius 1 is 1.44 bits per heavy atom. The second kappa shape index (κ2) is 5.82. The van der Waals surface area contributed by atoms with Crippen molar-refractivity contribution in [1.82, 2.24) is 10.0 Å². The molecule has 2 N–H and O–H groups in total. The summed E-state index contributed by atoms with van der Waals surface area (Å²) in [6.07, 6.45) is 1.94. The summed E-state index contributed by atoms with van der Waals surface area (Å²) in [7, 11) is -3.24. The van der Waals surface area contributed by atoms with Gasteiger partial charge < -0.3 is 5.32 Å². The Kier molecular flexibility index (Phi) is 4.37. The molecule has 1 unspecified atom stereocenters. The third-order valence-electron chi connectivity index (χ3n) is 3.08. The molecule has 0 aliphatic carbocycles. The number of benzene rings is 1. The van der Waals surface area contributed by atoms with E-state index < -0.39 is 10.0 Å². The number of rotatable bonds is 4. The van der Waals surface area contributed by atoms with Gasteiger partial charge in [0.2, 0.25) is 10.0 Å². The molecule has 1 fully saturated rings. The van der Waals surface area contributed by atoms with Crippen molar-refractivity contribution >= 4 is 10.0 Å². The van der Waals surface area contributed by atoms with E-state index in [1.165, 1.54) is 0 Å². The molecule has 0 spiro atoms. The van der Waals surface area contributed by atoms with Gasteiger partial charge in [-0.15, -0.1) is 0 Å². The monoisotopic (exact) mass is 268 g/mol. The summed E-state index contributed by atoms with van der Waals surface area (Å²) in [6, 6.07) is 7.66. The Labute approximate surface area is 109 Å². The van der Waals surface area contributed by atoms with Crippen LogP contribution in [0, 0.1) is 6.92 Å². The molecule has 1 heterocycles.